The first-order chi connectivity index (χ1) is 9.36. The van der Waals surface area contributed by atoms with E-state index >= 15 is 0 Å². The number of hydrogen-bond acceptors (Lipinski definition) is 5. The van der Waals surface area contributed by atoms with Gasteiger partial charge in [-0.2, -0.15) is 18.3 Å². The number of rotatable bonds is 1. The second kappa shape index (κ2) is 4.09. The Labute approximate surface area is 112 Å². The first kappa shape index (κ1) is 12.7. The smallest absolute Gasteiger partial charge is 0.384 e. The second-order valence-corrected chi connectivity index (χ2v) is 4.53. The Morgan fingerprint density at radius 3 is 2.70 bits per heavy atom. The summed E-state index contributed by atoms with van der Waals surface area (Å²) in [5.41, 5.74) is 6.44. The molecule has 3 rings (SSSR count). The lowest BCUT2D eigenvalue weighted by Gasteiger charge is -2.16. The average molecular weight is 284 g/mol. The Morgan fingerprint density at radius 1 is 1.30 bits per heavy atom. The van der Waals surface area contributed by atoms with Crippen LogP contribution in [0.5, 0.6) is 0 Å². The van der Waals surface area contributed by atoms with Crippen LogP contribution in [0, 0.1) is 0 Å². The summed E-state index contributed by atoms with van der Waals surface area (Å²) >= 11 is 0. The average Bonchev–Trinajstić information content (AvgIpc) is 2.90. The van der Waals surface area contributed by atoms with Crippen molar-refractivity contribution in [2.24, 2.45) is 7.05 Å². The number of nitrogen functional groups attached to an aromatic ring is 1. The van der Waals surface area contributed by atoms with Crippen LogP contribution in [0.2, 0.25) is 0 Å². The second-order valence-electron chi connectivity index (χ2n) is 4.53. The summed E-state index contributed by atoms with van der Waals surface area (Å²) in [6.07, 6.45) is -3.38. The van der Waals surface area contributed by atoms with Crippen molar-refractivity contribution in [2.45, 2.75) is 19.3 Å². The van der Waals surface area contributed by atoms with Gasteiger partial charge in [-0.15, -0.1) is 0 Å². The number of hydrogen-bond donors (Lipinski definition) is 1. The Balaban J connectivity index is 1.90. The van der Waals surface area contributed by atoms with Gasteiger partial charge in [0.05, 0.1) is 18.8 Å². The van der Waals surface area contributed by atoms with E-state index in [-0.39, 0.29) is 5.95 Å². The molecule has 0 spiro atoms. The van der Waals surface area contributed by atoms with Crippen molar-refractivity contribution in [3.05, 3.63) is 29.2 Å². The summed E-state index contributed by atoms with van der Waals surface area (Å²) in [6, 6.07) is 0.847. The third kappa shape index (κ3) is 1.95. The molecule has 0 aromatic carbocycles. The molecule has 0 radical (unpaired) electrons. The summed E-state index contributed by atoms with van der Waals surface area (Å²) in [5.74, 6) is 0.536. The fourth-order valence-electron chi connectivity index (χ4n) is 2.17. The van der Waals surface area contributed by atoms with Gasteiger partial charge in [-0.25, -0.2) is 9.97 Å². The molecule has 2 N–H and O–H groups in total. The van der Waals surface area contributed by atoms with Crippen molar-refractivity contribution in [1.29, 1.82) is 0 Å². The zero-order valence-electron chi connectivity index (χ0n) is 10.5. The summed E-state index contributed by atoms with van der Waals surface area (Å²) in [7, 11) is 1.72. The van der Waals surface area contributed by atoms with Crippen LogP contribution in [0.15, 0.2) is 12.3 Å². The van der Waals surface area contributed by atoms with E-state index in [0.717, 1.165) is 23.5 Å². The van der Waals surface area contributed by atoms with Gasteiger partial charge in [0, 0.05) is 18.8 Å². The molecule has 0 atom stereocenters. The summed E-state index contributed by atoms with van der Waals surface area (Å²) in [6.45, 7) is 0.706. The minimum Gasteiger partial charge on any atom is -0.384 e. The topological polar surface area (TPSA) is 72.9 Å². The van der Waals surface area contributed by atoms with E-state index in [1.807, 2.05) is 0 Å². The quantitative estimate of drug-likeness (QED) is 0.855. The number of nitrogens with two attached hydrogens (primary N) is 1. The third-order valence-electron chi connectivity index (χ3n) is 3.18. The predicted octanol–water partition coefficient (Wildman–Crippen LogP) is 1.33. The Hall–Kier alpha value is -2.32. The largest absolute Gasteiger partial charge is 0.433 e. The number of aryl methyl sites for hydroxylation is 1. The van der Waals surface area contributed by atoms with E-state index in [1.165, 1.54) is 0 Å². The number of aromatic nitrogens is 4. The molecule has 0 saturated carbocycles. The molecule has 3 heterocycles. The molecule has 0 unspecified atom stereocenters. The first-order valence-electron chi connectivity index (χ1n) is 5.81. The normalized spacial score (nSPS) is 14.7. The number of anilines is 2. The monoisotopic (exact) mass is 284 g/mol. The van der Waals surface area contributed by atoms with E-state index in [4.69, 9.17) is 5.73 Å². The van der Waals surface area contributed by atoms with E-state index < -0.39 is 11.9 Å². The molecule has 1 aliphatic rings. The summed E-state index contributed by atoms with van der Waals surface area (Å²) in [5, 5.41) is 4.21. The van der Waals surface area contributed by atoms with E-state index in [1.54, 1.807) is 16.6 Å². The first-order valence-corrected chi connectivity index (χ1v) is 5.81. The van der Waals surface area contributed by atoms with Crippen LogP contribution in [-0.4, -0.2) is 19.7 Å². The van der Waals surface area contributed by atoms with Crippen molar-refractivity contribution in [3.8, 4) is 0 Å². The lowest BCUT2D eigenvalue weighted by molar-refractivity contribution is -0.141. The molecule has 9 heteroatoms. The number of fused-ring (bicyclic) bond motifs is 1. The molecule has 0 aliphatic carbocycles. The van der Waals surface area contributed by atoms with Crippen molar-refractivity contribution in [1.82, 2.24) is 19.7 Å². The van der Waals surface area contributed by atoms with Crippen LogP contribution in [0.3, 0.4) is 0 Å². The van der Waals surface area contributed by atoms with Crippen molar-refractivity contribution < 1.29 is 13.2 Å². The summed E-state index contributed by atoms with van der Waals surface area (Å²) in [4.78, 5) is 9.06. The van der Waals surface area contributed by atoms with Crippen LogP contribution >= 0.6 is 0 Å². The molecular formula is C11H11F3N6. The lowest BCUT2D eigenvalue weighted by atomic mass is 10.3. The third-order valence-corrected chi connectivity index (χ3v) is 3.18. The number of nitrogens with zero attached hydrogens (tertiary/aromatic N) is 5. The van der Waals surface area contributed by atoms with Gasteiger partial charge in [0.2, 0.25) is 5.95 Å². The van der Waals surface area contributed by atoms with Gasteiger partial charge in [-0.3, -0.25) is 4.68 Å². The minimum atomic E-state index is -4.48. The molecular weight excluding hydrogens is 273 g/mol. The molecule has 1 aliphatic heterocycles. The highest BCUT2D eigenvalue weighted by atomic mass is 19.4. The van der Waals surface area contributed by atoms with Crippen LogP contribution < -0.4 is 10.6 Å². The Morgan fingerprint density at radius 2 is 2.05 bits per heavy atom. The zero-order valence-corrected chi connectivity index (χ0v) is 10.5. The van der Waals surface area contributed by atoms with Gasteiger partial charge >= 0.3 is 6.18 Å². The maximum absolute atomic E-state index is 12.6. The maximum atomic E-state index is 12.6. The van der Waals surface area contributed by atoms with Crippen LogP contribution in [0.4, 0.5) is 24.9 Å². The standard InChI is InChI=1S/C11H11F3N6/c1-19-9(15)6-4-20(5-7(6)18-19)10-16-3-2-8(17-10)11(12,13)14/h2-3H,4-5,15H2,1H3. The lowest BCUT2D eigenvalue weighted by Crippen LogP contribution is -2.21. The molecule has 106 valence electrons. The molecule has 0 bridgehead atoms. The fourth-order valence-corrected chi connectivity index (χ4v) is 2.17. The highest BCUT2D eigenvalue weighted by Gasteiger charge is 2.34. The number of alkyl halides is 3. The van der Waals surface area contributed by atoms with E-state index in [9.17, 15) is 13.2 Å². The predicted molar refractivity (Wildman–Crippen MR) is 64.5 cm³/mol. The Kier molecular flexibility index (Phi) is 2.59. The summed E-state index contributed by atoms with van der Waals surface area (Å²) < 4.78 is 39.4. The SMILES string of the molecule is Cn1nc2c(c1N)CN(c1nccc(C(F)(F)F)n1)C2. The maximum Gasteiger partial charge on any atom is 0.433 e. The van der Waals surface area contributed by atoms with E-state index in [0.29, 0.717) is 18.9 Å². The molecule has 0 fully saturated rings. The molecule has 2 aromatic rings. The van der Waals surface area contributed by atoms with Crippen LogP contribution in [0.25, 0.3) is 0 Å². The minimum absolute atomic E-state index is 0.0277. The highest BCUT2D eigenvalue weighted by molar-refractivity contribution is 5.51. The van der Waals surface area contributed by atoms with Crippen molar-refractivity contribution >= 4 is 11.8 Å². The molecule has 2 aromatic heterocycles. The van der Waals surface area contributed by atoms with Crippen molar-refractivity contribution in [3.63, 3.8) is 0 Å². The Bertz CT molecular complexity index is 663. The highest BCUT2D eigenvalue weighted by Crippen LogP contribution is 2.31. The van der Waals surface area contributed by atoms with Gasteiger partial charge in [0.1, 0.15) is 11.5 Å². The molecule has 0 amide bonds. The molecule has 20 heavy (non-hydrogen) atoms. The zero-order chi connectivity index (χ0) is 14.5. The van der Waals surface area contributed by atoms with Gasteiger partial charge in [-0.1, -0.05) is 0 Å². The van der Waals surface area contributed by atoms with Gasteiger partial charge in [-0.05, 0) is 6.07 Å². The van der Waals surface area contributed by atoms with Crippen LogP contribution in [-0.2, 0) is 26.3 Å². The van der Waals surface area contributed by atoms with Crippen molar-refractivity contribution in [2.75, 3.05) is 10.6 Å². The van der Waals surface area contributed by atoms with E-state index in [2.05, 4.69) is 15.1 Å². The van der Waals surface area contributed by atoms with Gasteiger partial charge in [0.25, 0.3) is 0 Å². The van der Waals surface area contributed by atoms with Gasteiger partial charge < -0.3 is 10.6 Å². The molecule has 6 nitrogen and oxygen atoms in total. The van der Waals surface area contributed by atoms with Crippen LogP contribution in [0.1, 0.15) is 17.0 Å². The fraction of sp³-hybridized carbons (Fsp3) is 0.364. The molecule has 0 saturated heterocycles. The number of halogens is 3. The van der Waals surface area contributed by atoms with Gasteiger partial charge in [0.15, 0.2) is 0 Å².